The van der Waals surface area contributed by atoms with Gasteiger partial charge in [0, 0.05) is 6.07 Å². The highest BCUT2D eigenvalue weighted by atomic mass is 16.4. The molecule has 0 aliphatic rings. The summed E-state index contributed by atoms with van der Waals surface area (Å²) in [4.78, 5) is 32.8. The summed E-state index contributed by atoms with van der Waals surface area (Å²) in [5.74, 6) is -2.45. The van der Waals surface area contributed by atoms with Crippen LogP contribution in [0.5, 0.6) is 5.75 Å². The molecule has 0 atom stereocenters. The number of amides is 2. The fourth-order valence-electron chi connectivity index (χ4n) is 1.17. The van der Waals surface area contributed by atoms with Crippen LogP contribution >= 0.6 is 0 Å². The van der Waals surface area contributed by atoms with Crippen molar-refractivity contribution in [1.82, 2.24) is 5.43 Å². The SMILES string of the molecule is C/C(=N/NC(=O)C(N)=O)c1c(O)cc(C)oc1=O. The maximum atomic E-state index is 11.5. The molecule has 96 valence electrons. The van der Waals surface area contributed by atoms with Crippen molar-refractivity contribution < 1.29 is 19.1 Å². The van der Waals surface area contributed by atoms with Crippen molar-refractivity contribution in [3.05, 3.63) is 27.8 Å². The van der Waals surface area contributed by atoms with E-state index in [4.69, 9.17) is 10.2 Å². The molecule has 0 aliphatic carbocycles. The summed E-state index contributed by atoms with van der Waals surface area (Å²) < 4.78 is 4.76. The number of nitrogens with one attached hydrogen (secondary N) is 1. The van der Waals surface area contributed by atoms with Crippen molar-refractivity contribution in [2.75, 3.05) is 0 Å². The van der Waals surface area contributed by atoms with Crippen LogP contribution in [0.2, 0.25) is 0 Å². The van der Waals surface area contributed by atoms with E-state index in [0.29, 0.717) is 0 Å². The second kappa shape index (κ2) is 5.13. The standard InChI is InChI=1S/C10H11N3O5/c1-4-3-6(14)7(10(17)18-4)5(2)12-13-9(16)8(11)15/h3,14H,1-2H3,(H2,11,15)(H,13,16)/b12-5-. The molecule has 0 fully saturated rings. The van der Waals surface area contributed by atoms with Crippen LogP contribution < -0.4 is 16.8 Å². The van der Waals surface area contributed by atoms with Gasteiger partial charge in [-0.2, -0.15) is 5.10 Å². The number of nitrogens with two attached hydrogens (primary N) is 1. The molecule has 0 bridgehead atoms. The van der Waals surface area contributed by atoms with Gasteiger partial charge in [0.2, 0.25) is 0 Å². The summed E-state index contributed by atoms with van der Waals surface area (Å²) in [7, 11) is 0. The third-order valence-electron chi connectivity index (χ3n) is 1.96. The van der Waals surface area contributed by atoms with E-state index >= 15 is 0 Å². The van der Waals surface area contributed by atoms with Gasteiger partial charge >= 0.3 is 17.4 Å². The number of carbonyl (C=O) groups is 2. The van der Waals surface area contributed by atoms with E-state index in [-0.39, 0.29) is 22.8 Å². The Hall–Kier alpha value is -2.64. The van der Waals surface area contributed by atoms with E-state index in [0.717, 1.165) is 0 Å². The smallest absolute Gasteiger partial charge is 0.348 e. The molecule has 0 aromatic carbocycles. The van der Waals surface area contributed by atoms with E-state index in [1.165, 1.54) is 19.9 Å². The molecule has 1 aromatic heterocycles. The molecule has 1 aromatic rings. The van der Waals surface area contributed by atoms with Gasteiger partial charge in [-0.25, -0.2) is 10.2 Å². The Bertz CT molecular complexity index is 588. The Morgan fingerprint density at radius 2 is 2.11 bits per heavy atom. The van der Waals surface area contributed by atoms with Crippen LogP contribution in [-0.4, -0.2) is 22.6 Å². The minimum absolute atomic E-state index is 0.0177. The molecule has 1 rings (SSSR count). The molecule has 0 aliphatic heterocycles. The molecular weight excluding hydrogens is 242 g/mol. The molecule has 18 heavy (non-hydrogen) atoms. The monoisotopic (exact) mass is 253 g/mol. The first kappa shape index (κ1) is 13.4. The number of nitrogens with zero attached hydrogens (tertiary/aromatic N) is 1. The van der Waals surface area contributed by atoms with E-state index < -0.39 is 17.4 Å². The Kier molecular flexibility index (Phi) is 3.82. The Morgan fingerprint density at radius 3 is 2.61 bits per heavy atom. The summed E-state index contributed by atoms with van der Waals surface area (Å²) in [5.41, 5.74) is 5.50. The zero-order valence-corrected chi connectivity index (χ0v) is 9.68. The first-order chi connectivity index (χ1) is 8.32. The maximum Gasteiger partial charge on any atom is 0.348 e. The first-order valence-corrected chi connectivity index (χ1v) is 4.81. The second-order valence-corrected chi connectivity index (χ2v) is 3.41. The van der Waals surface area contributed by atoms with Crippen molar-refractivity contribution in [2.24, 2.45) is 10.8 Å². The number of hydrogen-bond acceptors (Lipinski definition) is 6. The Labute approximate surface area is 101 Å². The lowest BCUT2D eigenvalue weighted by atomic mass is 10.2. The number of aryl methyl sites for hydroxylation is 1. The molecule has 0 spiro atoms. The van der Waals surface area contributed by atoms with Crippen molar-refractivity contribution in [1.29, 1.82) is 0 Å². The summed E-state index contributed by atoms with van der Waals surface area (Å²) in [6, 6.07) is 1.23. The molecule has 4 N–H and O–H groups in total. The molecular formula is C10H11N3O5. The van der Waals surface area contributed by atoms with Gasteiger partial charge in [-0.3, -0.25) is 9.59 Å². The van der Waals surface area contributed by atoms with Crippen molar-refractivity contribution in [2.45, 2.75) is 13.8 Å². The van der Waals surface area contributed by atoms with E-state index in [2.05, 4.69) is 5.10 Å². The van der Waals surface area contributed by atoms with E-state index in [1.807, 2.05) is 5.43 Å². The highest BCUT2D eigenvalue weighted by Crippen LogP contribution is 2.14. The summed E-state index contributed by atoms with van der Waals surface area (Å²) in [6.45, 7) is 2.84. The van der Waals surface area contributed by atoms with Gasteiger partial charge in [0.25, 0.3) is 0 Å². The van der Waals surface area contributed by atoms with Crippen molar-refractivity contribution in [3.63, 3.8) is 0 Å². The molecule has 1 heterocycles. The van der Waals surface area contributed by atoms with Crippen LogP contribution in [0.4, 0.5) is 0 Å². The molecule has 0 saturated carbocycles. The van der Waals surface area contributed by atoms with Gasteiger partial charge < -0.3 is 15.3 Å². The zero-order valence-electron chi connectivity index (χ0n) is 9.68. The normalized spacial score (nSPS) is 11.1. The number of rotatable bonds is 2. The third kappa shape index (κ3) is 2.94. The number of primary amides is 1. The van der Waals surface area contributed by atoms with Crippen LogP contribution in [0, 0.1) is 6.92 Å². The van der Waals surface area contributed by atoms with Crippen molar-refractivity contribution in [3.8, 4) is 5.75 Å². The summed E-state index contributed by atoms with van der Waals surface area (Å²) in [6.07, 6.45) is 0. The number of hydrazone groups is 1. The topological polar surface area (TPSA) is 135 Å². The number of hydrogen-bond donors (Lipinski definition) is 3. The lowest BCUT2D eigenvalue weighted by Gasteiger charge is -2.03. The summed E-state index contributed by atoms with van der Waals surface area (Å²) >= 11 is 0. The minimum atomic E-state index is -1.22. The Morgan fingerprint density at radius 1 is 1.50 bits per heavy atom. The zero-order chi connectivity index (χ0) is 13.9. The summed E-state index contributed by atoms with van der Waals surface area (Å²) in [5, 5.41) is 13.0. The minimum Gasteiger partial charge on any atom is -0.507 e. The van der Waals surface area contributed by atoms with Gasteiger partial charge in [-0.1, -0.05) is 0 Å². The van der Waals surface area contributed by atoms with Gasteiger partial charge in [0.05, 0.1) is 5.71 Å². The second-order valence-electron chi connectivity index (χ2n) is 3.41. The van der Waals surface area contributed by atoms with Crippen molar-refractivity contribution >= 4 is 17.5 Å². The van der Waals surface area contributed by atoms with Crippen LogP contribution in [0.3, 0.4) is 0 Å². The predicted molar refractivity (Wildman–Crippen MR) is 60.9 cm³/mol. The third-order valence-corrected chi connectivity index (χ3v) is 1.96. The fourth-order valence-corrected chi connectivity index (χ4v) is 1.17. The fraction of sp³-hybridized carbons (Fsp3) is 0.200. The lowest BCUT2D eigenvalue weighted by Crippen LogP contribution is -2.33. The predicted octanol–water partition coefficient (Wildman–Crippen LogP) is -1.02. The molecule has 0 saturated heterocycles. The average molecular weight is 253 g/mol. The molecule has 0 radical (unpaired) electrons. The van der Waals surface area contributed by atoms with E-state index in [9.17, 15) is 19.5 Å². The van der Waals surface area contributed by atoms with Gasteiger partial charge in [-0.05, 0) is 13.8 Å². The lowest BCUT2D eigenvalue weighted by molar-refractivity contribution is -0.137. The van der Waals surface area contributed by atoms with Gasteiger partial charge in [0.15, 0.2) is 0 Å². The van der Waals surface area contributed by atoms with Crippen LogP contribution in [-0.2, 0) is 9.59 Å². The highest BCUT2D eigenvalue weighted by molar-refractivity contribution is 6.34. The van der Waals surface area contributed by atoms with Crippen LogP contribution in [0.15, 0.2) is 20.4 Å². The molecule has 8 heteroatoms. The molecule has 0 unspecified atom stereocenters. The number of aromatic hydroxyl groups is 1. The Balaban J connectivity index is 3.08. The van der Waals surface area contributed by atoms with Crippen LogP contribution in [0.25, 0.3) is 0 Å². The highest BCUT2D eigenvalue weighted by Gasteiger charge is 2.14. The first-order valence-electron chi connectivity index (χ1n) is 4.81. The molecule has 2 amide bonds. The van der Waals surface area contributed by atoms with Gasteiger partial charge in [0.1, 0.15) is 17.1 Å². The van der Waals surface area contributed by atoms with Crippen LogP contribution in [0.1, 0.15) is 18.2 Å². The maximum absolute atomic E-state index is 11.5. The van der Waals surface area contributed by atoms with Gasteiger partial charge in [-0.15, -0.1) is 0 Å². The number of carbonyl (C=O) groups excluding carboxylic acids is 2. The quantitative estimate of drug-likeness (QED) is 0.352. The average Bonchev–Trinajstić information content (AvgIpc) is 2.24. The molecule has 8 nitrogen and oxygen atoms in total. The van der Waals surface area contributed by atoms with E-state index in [1.54, 1.807) is 0 Å². The largest absolute Gasteiger partial charge is 0.507 e.